The lowest BCUT2D eigenvalue weighted by Gasteiger charge is -2.30. The average Bonchev–Trinajstić information content (AvgIpc) is 2.48. The van der Waals surface area contributed by atoms with Gasteiger partial charge in [0.1, 0.15) is 0 Å². The normalized spacial score (nSPS) is 19.1. The van der Waals surface area contributed by atoms with E-state index in [2.05, 4.69) is 17.3 Å². The van der Waals surface area contributed by atoms with Crippen LogP contribution in [0.1, 0.15) is 18.4 Å². The molecule has 0 aliphatic carbocycles. The Labute approximate surface area is 121 Å². The van der Waals surface area contributed by atoms with Crippen molar-refractivity contribution in [3.8, 4) is 0 Å². The maximum Gasteiger partial charge on any atom is 0.0897 e. The van der Waals surface area contributed by atoms with Gasteiger partial charge in [0.2, 0.25) is 0 Å². The molecule has 1 saturated heterocycles. The zero-order chi connectivity index (χ0) is 14.2. The summed E-state index contributed by atoms with van der Waals surface area (Å²) < 4.78 is 5.54. The maximum absolute atomic E-state index is 9.91. The van der Waals surface area contributed by atoms with Gasteiger partial charge in [-0.1, -0.05) is 30.3 Å². The lowest BCUT2D eigenvalue weighted by atomic mass is 10.1. The van der Waals surface area contributed by atoms with E-state index in [0.29, 0.717) is 25.8 Å². The molecule has 0 aromatic heterocycles. The third-order valence-corrected chi connectivity index (χ3v) is 3.78. The van der Waals surface area contributed by atoms with Crippen LogP contribution in [0.2, 0.25) is 0 Å². The first-order valence-electron chi connectivity index (χ1n) is 7.45. The Hall–Kier alpha value is -0.940. The third kappa shape index (κ3) is 5.59. The van der Waals surface area contributed by atoms with Crippen LogP contribution in [-0.4, -0.2) is 55.4 Å². The van der Waals surface area contributed by atoms with Crippen LogP contribution in [0, 0.1) is 0 Å². The number of hydrogen-bond acceptors (Lipinski definition) is 4. The molecule has 112 valence electrons. The summed E-state index contributed by atoms with van der Waals surface area (Å²) in [7, 11) is 2.16. The molecule has 0 spiro atoms. The van der Waals surface area contributed by atoms with Crippen molar-refractivity contribution >= 4 is 0 Å². The molecule has 1 fully saturated rings. The van der Waals surface area contributed by atoms with Gasteiger partial charge in [-0.05, 0) is 38.5 Å². The fraction of sp³-hybridized carbons (Fsp3) is 0.625. The van der Waals surface area contributed by atoms with Crippen molar-refractivity contribution in [1.29, 1.82) is 0 Å². The Bertz CT molecular complexity index is 364. The lowest BCUT2D eigenvalue weighted by Crippen LogP contribution is -2.44. The summed E-state index contributed by atoms with van der Waals surface area (Å²) in [4.78, 5) is 2.34. The maximum atomic E-state index is 9.91. The summed E-state index contributed by atoms with van der Waals surface area (Å²) in [6, 6.07) is 10.6. The number of aliphatic hydroxyl groups excluding tert-OH is 1. The minimum atomic E-state index is -0.432. The second-order valence-electron chi connectivity index (χ2n) is 5.64. The molecule has 1 aliphatic rings. The van der Waals surface area contributed by atoms with Crippen molar-refractivity contribution in [3.63, 3.8) is 0 Å². The number of nitrogens with zero attached hydrogens (tertiary/aromatic N) is 1. The molecule has 1 heterocycles. The molecule has 0 bridgehead atoms. The average molecular weight is 278 g/mol. The van der Waals surface area contributed by atoms with Gasteiger partial charge in [0.25, 0.3) is 0 Å². The number of rotatable bonds is 7. The highest BCUT2D eigenvalue weighted by Gasteiger charge is 2.16. The number of likely N-dealkylation sites (tertiary alicyclic amines) is 1. The molecule has 4 nitrogen and oxygen atoms in total. The van der Waals surface area contributed by atoms with Gasteiger partial charge in [-0.3, -0.25) is 0 Å². The molecular formula is C16H26N2O2. The Balaban J connectivity index is 1.55. The summed E-state index contributed by atoms with van der Waals surface area (Å²) in [6.07, 6.45) is 1.89. The first-order valence-corrected chi connectivity index (χ1v) is 7.45. The largest absolute Gasteiger partial charge is 0.389 e. The van der Waals surface area contributed by atoms with Crippen LogP contribution < -0.4 is 5.32 Å². The highest BCUT2D eigenvalue weighted by atomic mass is 16.5. The number of nitrogens with one attached hydrogen (secondary N) is 1. The molecule has 0 saturated carbocycles. The highest BCUT2D eigenvalue weighted by Crippen LogP contribution is 2.08. The Morgan fingerprint density at radius 3 is 2.70 bits per heavy atom. The van der Waals surface area contributed by atoms with Gasteiger partial charge < -0.3 is 20.1 Å². The molecule has 2 rings (SSSR count). The van der Waals surface area contributed by atoms with E-state index in [1.807, 2.05) is 30.3 Å². The number of hydrogen-bond donors (Lipinski definition) is 2. The van der Waals surface area contributed by atoms with E-state index in [1.165, 1.54) is 0 Å². The predicted octanol–water partition coefficient (Wildman–Crippen LogP) is 1.25. The summed E-state index contributed by atoms with van der Waals surface area (Å²) >= 11 is 0. The van der Waals surface area contributed by atoms with Crippen LogP contribution in [0.5, 0.6) is 0 Å². The molecule has 1 aromatic carbocycles. The molecule has 1 aliphatic heterocycles. The SMILES string of the molecule is CN1CCC(NCC(O)COCc2ccccc2)CC1. The van der Waals surface area contributed by atoms with E-state index in [4.69, 9.17) is 4.74 Å². The molecule has 0 radical (unpaired) electrons. The van der Waals surface area contributed by atoms with E-state index >= 15 is 0 Å². The van der Waals surface area contributed by atoms with E-state index in [0.717, 1.165) is 31.5 Å². The van der Waals surface area contributed by atoms with Crippen molar-refractivity contribution in [2.45, 2.75) is 31.6 Å². The van der Waals surface area contributed by atoms with Crippen molar-refractivity contribution in [2.75, 3.05) is 33.3 Å². The standard InChI is InChI=1S/C16H26N2O2/c1-18-9-7-15(8-10-18)17-11-16(19)13-20-12-14-5-3-2-4-6-14/h2-6,15-17,19H,7-13H2,1H3. The highest BCUT2D eigenvalue weighted by molar-refractivity contribution is 5.13. The lowest BCUT2D eigenvalue weighted by molar-refractivity contribution is 0.0265. The van der Waals surface area contributed by atoms with Gasteiger partial charge in [0, 0.05) is 12.6 Å². The fourth-order valence-electron chi connectivity index (χ4n) is 2.46. The van der Waals surface area contributed by atoms with Gasteiger partial charge in [-0.2, -0.15) is 0 Å². The van der Waals surface area contributed by atoms with Gasteiger partial charge >= 0.3 is 0 Å². The van der Waals surface area contributed by atoms with Gasteiger partial charge in [-0.25, -0.2) is 0 Å². The Kier molecular flexibility index (Phi) is 6.47. The Morgan fingerprint density at radius 2 is 2.00 bits per heavy atom. The topological polar surface area (TPSA) is 44.7 Å². The van der Waals surface area contributed by atoms with Crippen LogP contribution in [0.25, 0.3) is 0 Å². The monoisotopic (exact) mass is 278 g/mol. The van der Waals surface area contributed by atoms with E-state index in [1.54, 1.807) is 0 Å². The third-order valence-electron chi connectivity index (χ3n) is 3.78. The van der Waals surface area contributed by atoms with Crippen molar-refractivity contribution < 1.29 is 9.84 Å². The minimum Gasteiger partial charge on any atom is -0.389 e. The van der Waals surface area contributed by atoms with E-state index < -0.39 is 6.10 Å². The van der Waals surface area contributed by atoms with Gasteiger partial charge in [0.15, 0.2) is 0 Å². The molecule has 1 unspecified atom stereocenters. The summed E-state index contributed by atoms with van der Waals surface area (Å²) in [5, 5.41) is 13.3. The van der Waals surface area contributed by atoms with E-state index in [-0.39, 0.29) is 0 Å². The predicted molar refractivity (Wildman–Crippen MR) is 80.6 cm³/mol. The molecule has 4 heteroatoms. The molecule has 2 N–H and O–H groups in total. The zero-order valence-corrected chi connectivity index (χ0v) is 12.3. The summed E-state index contributed by atoms with van der Waals surface area (Å²) in [5.41, 5.74) is 1.14. The minimum absolute atomic E-state index is 0.383. The molecule has 0 amide bonds. The van der Waals surface area contributed by atoms with Crippen molar-refractivity contribution in [2.24, 2.45) is 0 Å². The van der Waals surface area contributed by atoms with Crippen LogP contribution >= 0.6 is 0 Å². The fourth-order valence-corrected chi connectivity index (χ4v) is 2.46. The van der Waals surface area contributed by atoms with Crippen molar-refractivity contribution in [1.82, 2.24) is 10.2 Å². The smallest absolute Gasteiger partial charge is 0.0897 e. The molecule has 20 heavy (non-hydrogen) atoms. The molecule has 1 aromatic rings. The number of ether oxygens (including phenoxy) is 1. The molecule has 1 atom stereocenters. The van der Waals surface area contributed by atoms with Crippen LogP contribution in [0.15, 0.2) is 30.3 Å². The first kappa shape index (κ1) is 15.4. The first-order chi connectivity index (χ1) is 9.74. The summed E-state index contributed by atoms with van der Waals surface area (Å²) in [5.74, 6) is 0. The van der Waals surface area contributed by atoms with E-state index in [9.17, 15) is 5.11 Å². The molecular weight excluding hydrogens is 252 g/mol. The van der Waals surface area contributed by atoms with Crippen LogP contribution in [0.4, 0.5) is 0 Å². The van der Waals surface area contributed by atoms with Gasteiger partial charge in [-0.15, -0.1) is 0 Å². The number of piperidine rings is 1. The second-order valence-corrected chi connectivity index (χ2v) is 5.64. The number of aliphatic hydroxyl groups is 1. The second kappa shape index (κ2) is 8.37. The summed E-state index contributed by atoms with van der Waals surface area (Å²) in [6.45, 7) is 3.83. The zero-order valence-electron chi connectivity index (χ0n) is 12.3. The quantitative estimate of drug-likeness (QED) is 0.788. The van der Waals surface area contributed by atoms with Crippen LogP contribution in [0.3, 0.4) is 0 Å². The van der Waals surface area contributed by atoms with Crippen LogP contribution in [-0.2, 0) is 11.3 Å². The Morgan fingerprint density at radius 1 is 1.30 bits per heavy atom. The van der Waals surface area contributed by atoms with Gasteiger partial charge in [0.05, 0.1) is 19.3 Å². The number of benzene rings is 1. The van der Waals surface area contributed by atoms with Crippen molar-refractivity contribution in [3.05, 3.63) is 35.9 Å².